The third-order valence-electron chi connectivity index (χ3n) is 3.44. The summed E-state index contributed by atoms with van der Waals surface area (Å²) in [5.74, 6) is 1.55. The van der Waals surface area contributed by atoms with E-state index in [9.17, 15) is 13.2 Å². The van der Waals surface area contributed by atoms with E-state index in [0.717, 1.165) is 17.8 Å². The molecule has 6 nitrogen and oxygen atoms in total. The van der Waals surface area contributed by atoms with Crippen molar-refractivity contribution in [3.8, 4) is 0 Å². The number of alkyl halides is 3. The lowest BCUT2D eigenvalue weighted by atomic mass is 10.2. The minimum absolute atomic E-state index is 0.295. The predicted octanol–water partition coefficient (Wildman–Crippen LogP) is 2.01. The van der Waals surface area contributed by atoms with Crippen LogP contribution in [0.4, 0.5) is 24.7 Å². The molecule has 1 aromatic heterocycles. The number of allylic oxidation sites excluding steroid dienone is 1. The van der Waals surface area contributed by atoms with Crippen molar-refractivity contribution in [3.63, 3.8) is 0 Å². The van der Waals surface area contributed by atoms with E-state index in [-0.39, 0.29) is 0 Å². The van der Waals surface area contributed by atoms with Crippen LogP contribution in [-0.2, 0) is 6.18 Å². The molecule has 2 N–H and O–H groups in total. The van der Waals surface area contributed by atoms with Gasteiger partial charge in [-0.05, 0) is 13.0 Å². The van der Waals surface area contributed by atoms with Crippen molar-refractivity contribution in [1.29, 1.82) is 0 Å². The number of aromatic nitrogens is 1. The Labute approximate surface area is 123 Å². The molecule has 1 aromatic rings. The lowest BCUT2D eigenvalue weighted by molar-refractivity contribution is -0.407. The van der Waals surface area contributed by atoms with Crippen LogP contribution in [0, 0.1) is 0 Å². The second-order valence-corrected chi connectivity index (χ2v) is 5.05. The minimum atomic E-state index is -4.44. The number of rotatable bonds is 1. The van der Waals surface area contributed by atoms with Crippen LogP contribution in [-0.4, -0.2) is 22.1 Å². The highest BCUT2D eigenvalue weighted by atomic mass is 19.4. The van der Waals surface area contributed by atoms with Crippen LogP contribution in [0.2, 0.25) is 0 Å². The average Bonchev–Trinajstić information content (AvgIpc) is 2.91. The molecule has 0 radical (unpaired) electrons. The highest BCUT2D eigenvalue weighted by molar-refractivity contribution is 5.92. The standard InChI is InChI=1S/C13H10F3N6/c1-7-4-21(5-7)11-12-20-18-6-22(12)9-2-8(13(14,15)16)3-17-10(9)19-11/h2-6,20H,1H3,(H,17,19)/q+1. The van der Waals surface area contributed by atoms with Gasteiger partial charge in [-0.25, -0.2) is 14.9 Å². The molecule has 9 heteroatoms. The fourth-order valence-electron chi connectivity index (χ4n) is 2.41. The summed E-state index contributed by atoms with van der Waals surface area (Å²) < 4.78 is 40.4. The Morgan fingerprint density at radius 1 is 1.32 bits per heavy atom. The summed E-state index contributed by atoms with van der Waals surface area (Å²) in [6.07, 6.45) is 1.58. The zero-order chi connectivity index (χ0) is 15.5. The molecule has 0 saturated heterocycles. The number of hydrazone groups is 1. The Balaban J connectivity index is 1.80. The summed E-state index contributed by atoms with van der Waals surface area (Å²) in [7, 11) is 0. The third-order valence-corrected chi connectivity index (χ3v) is 3.44. The summed E-state index contributed by atoms with van der Waals surface area (Å²) in [6, 6.07) is 1.05. The maximum Gasteiger partial charge on any atom is 0.417 e. The number of pyridine rings is 1. The van der Waals surface area contributed by atoms with E-state index < -0.39 is 11.7 Å². The average molecular weight is 307 g/mol. The van der Waals surface area contributed by atoms with Crippen LogP contribution in [0.15, 0.2) is 40.8 Å². The van der Waals surface area contributed by atoms with Crippen molar-refractivity contribution in [2.75, 3.05) is 10.2 Å². The number of halogens is 3. The number of hydrogen-bond donors (Lipinski definition) is 2. The normalized spacial score (nSPS) is 18.8. The van der Waals surface area contributed by atoms with Gasteiger partial charge >= 0.3 is 12.0 Å². The Hall–Kier alpha value is -2.84. The van der Waals surface area contributed by atoms with E-state index in [1.165, 1.54) is 6.34 Å². The molecule has 0 spiro atoms. The Bertz CT molecular complexity index is 802. The molecule has 0 atom stereocenters. The van der Waals surface area contributed by atoms with Crippen LogP contribution < -0.4 is 15.6 Å². The summed E-state index contributed by atoms with van der Waals surface area (Å²) in [6.45, 7) is 1.95. The van der Waals surface area contributed by atoms with Crippen LogP contribution in [0.25, 0.3) is 0 Å². The van der Waals surface area contributed by atoms with Gasteiger partial charge in [0.2, 0.25) is 11.6 Å². The van der Waals surface area contributed by atoms with E-state index in [1.54, 1.807) is 4.90 Å². The largest absolute Gasteiger partial charge is 0.417 e. The Kier molecular flexibility index (Phi) is 2.39. The summed E-state index contributed by atoms with van der Waals surface area (Å²) >= 11 is 0. The van der Waals surface area contributed by atoms with E-state index in [1.807, 2.05) is 23.9 Å². The molecule has 3 aliphatic rings. The fraction of sp³-hybridized carbons (Fsp3) is 0.154. The van der Waals surface area contributed by atoms with Crippen molar-refractivity contribution in [2.24, 2.45) is 5.10 Å². The Morgan fingerprint density at radius 2 is 2.09 bits per heavy atom. The third kappa shape index (κ3) is 1.78. The van der Waals surface area contributed by atoms with Gasteiger partial charge < -0.3 is 0 Å². The number of nitrogens with one attached hydrogen (secondary N) is 2. The van der Waals surface area contributed by atoms with Gasteiger partial charge in [0, 0.05) is 11.8 Å². The molecule has 0 aliphatic carbocycles. The van der Waals surface area contributed by atoms with E-state index in [2.05, 4.69) is 20.8 Å². The lowest BCUT2D eigenvalue weighted by Crippen LogP contribution is -2.35. The molecule has 0 saturated carbocycles. The lowest BCUT2D eigenvalue weighted by Gasteiger charge is -2.25. The molecule has 0 amide bonds. The van der Waals surface area contributed by atoms with Gasteiger partial charge in [-0.15, -0.1) is 0 Å². The zero-order valence-corrected chi connectivity index (χ0v) is 11.3. The van der Waals surface area contributed by atoms with Gasteiger partial charge in [-0.2, -0.15) is 18.3 Å². The minimum Gasteiger partial charge on any atom is -0.271 e. The van der Waals surface area contributed by atoms with Gasteiger partial charge in [-0.3, -0.25) is 10.3 Å². The number of anilines is 2. The molecule has 0 bridgehead atoms. The monoisotopic (exact) mass is 307 g/mol. The van der Waals surface area contributed by atoms with E-state index in [0.29, 0.717) is 23.1 Å². The highest BCUT2D eigenvalue weighted by Gasteiger charge is 2.39. The topological polar surface area (TPSA) is 55.6 Å². The fourth-order valence-corrected chi connectivity index (χ4v) is 2.41. The first-order chi connectivity index (χ1) is 10.4. The van der Waals surface area contributed by atoms with Crippen molar-refractivity contribution < 1.29 is 17.7 Å². The van der Waals surface area contributed by atoms with Crippen LogP contribution >= 0.6 is 0 Å². The summed E-state index contributed by atoms with van der Waals surface area (Å²) in [5, 5.41) is 6.95. The van der Waals surface area contributed by atoms with Crippen LogP contribution in [0.3, 0.4) is 0 Å². The van der Waals surface area contributed by atoms with E-state index in [4.69, 9.17) is 0 Å². The Morgan fingerprint density at radius 3 is 2.77 bits per heavy atom. The van der Waals surface area contributed by atoms with Crippen molar-refractivity contribution in [2.45, 2.75) is 13.1 Å². The summed E-state index contributed by atoms with van der Waals surface area (Å²) in [5.41, 5.74) is 3.37. The van der Waals surface area contributed by atoms with Crippen LogP contribution in [0.5, 0.6) is 0 Å². The molecule has 22 heavy (non-hydrogen) atoms. The molecule has 4 heterocycles. The first-order valence-electron chi connectivity index (χ1n) is 6.42. The van der Waals surface area contributed by atoms with Crippen LogP contribution in [0.1, 0.15) is 12.5 Å². The second-order valence-electron chi connectivity index (χ2n) is 5.05. The number of hydrogen-bond acceptors (Lipinski definition) is 5. The molecule has 4 rings (SSSR count). The number of fused-ring (bicyclic) bond motifs is 3. The first-order valence-corrected chi connectivity index (χ1v) is 6.42. The van der Waals surface area contributed by atoms with Crippen molar-refractivity contribution in [1.82, 2.24) is 10.4 Å². The molecular formula is C13H10F3N6+. The molecular weight excluding hydrogens is 297 g/mol. The van der Waals surface area contributed by atoms with Gasteiger partial charge in [0.25, 0.3) is 0 Å². The van der Waals surface area contributed by atoms with Gasteiger partial charge in [0.15, 0.2) is 0 Å². The first kappa shape index (κ1) is 12.9. The SMILES string of the molecule is CC1=C[N+](C2=C3NN=CN3c3cc(C(F)(F)F)cnc3N2)=C1. The molecule has 0 aromatic carbocycles. The number of nitrogens with zero attached hydrogens (tertiary/aromatic N) is 4. The zero-order valence-electron chi connectivity index (χ0n) is 11.3. The molecule has 0 fully saturated rings. The molecule has 112 valence electrons. The maximum atomic E-state index is 12.9. The van der Waals surface area contributed by atoms with Crippen molar-refractivity contribution >= 4 is 24.1 Å². The maximum absolute atomic E-state index is 12.9. The van der Waals surface area contributed by atoms with Crippen molar-refractivity contribution in [3.05, 3.63) is 41.2 Å². The van der Waals surface area contributed by atoms with Gasteiger partial charge in [0.05, 0.1) is 5.56 Å². The quantitative estimate of drug-likeness (QED) is 0.779. The molecule has 3 aliphatic heterocycles. The smallest absolute Gasteiger partial charge is 0.271 e. The summed E-state index contributed by atoms with van der Waals surface area (Å²) in [4.78, 5) is 5.44. The van der Waals surface area contributed by atoms with E-state index >= 15 is 0 Å². The van der Waals surface area contributed by atoms with Gasteiger partial charge in [-0.1, -0.05) is 0 Å². The molecule has 0 unspecified atom stereocenters. The second kappa shape index (κ2) is 4.09. The highest BCUT2D eigenvalue weighted by Crippen LogP contribution is 2.38. The predicted molar refractivity (Wildman–Crippen MR) is 74.1 cm³/mol. The van der Waals surface area contributed by atoms with Gasteiger partial charge in [0.1, 0.15) is 24.4 Å².